The summed E-state index contributed by atoms with van der Waals surface area (Å²) >= 11 is 1.45. The summed E-state index contributed by atoms with van der Waals surface area (Å²) in [6.07, 6.45) is 3.04. The lowest BCUT2D eigenvalue weighted by molar-refractivity contribution is -0.135. The van der Waals surface area contributed by atoms with Crippen LogP contribution in [0.15, 0.2) is 41.8 Å². The van der Waals surface area contributed by atoms with Crippen LogP contribution in [0.25, 0.3) is 0 Å². The van der Waals surface area contributed by atoms with Crippen LogP contribution >= 0.6 is 11.3 Å². The fourth-order valence-corrected chi connectivity index (χ4v) is 6.25. The third-order valence-electron chi connectivity index (χ3n) is 7.60. The average molecular weight is 497 g/mol. The van der Waals surface area contributed by atoms with Gasteiger partial charge in [-0.2, -0.15) is 0 Å². The normalized spacial score (nSPS) is 24.9. The Labute approximate surface area is 212 Å². The molecule has 188 valence electrons. The minimum Gasteiger partial charge on any atom is -0.377 e. The number of ether oxygens (including phenoxy) is 1. The maximum atomic E-state index is 13.7. The third kappa shape index (κ3) is 5.61. The second-order valence-corrected chi connectivity index (χ2v) is 10.9. The summed E-state index contributed by atoms with van der Waals surface area (Å²) in [7, 11) is 0. The molecule has 2 amide bonds. The van der Waals surface area contributed by atoms with Crippen LogP contribution < -0.4 is 5.32 Å². The maximum absolute atomic E-state index is 13.7. The second kappa shape index (κ2) is 11.2. The van der Waals surface area contributed by atoms with Gasteiger partial charge in [0.15, 0.2) is 0 Å². The molecule has 4 heterocycles. The molecule has 35 heavy (non-hydrogen) atoms. The zero-order valence-electron chi connectivity index (χ0n) is 20.5. The minimum atomic E-state index is -0.420. The Morgan fingerprint density at radius 3 is 2.71 bits per heavy atom. The molecular formula is C27H36N4O3S. The number of nitrogens with one attached hydrogen (secondary N) is 1. The molecule has 1 aromatic heterocycles. The van der Waals surface area contributed by atoms with E-state index in [4.69, 9.17) is 4.74 Å². The van der Waals surface area contributed by atoms with E-state index in [0.29, 0.717) is 30.9 Å². The predicted molar refractivity (Wildman–Crippen MR) is 138 cm³/mol. The quantitative estimate of drug-likeness (QED) is 0.639. The van der Waals surface area contributed by atoms with Gasteiger partial charge in [-0.05, 0) is 48.8 Å². The van der Waals surface area contributed by atoms with E-state index >= 15 is 0 Å². The molecule has 1 aromatic carbocycles. The van der Waals surface area contributed by atoms with Crippen molar-refractivity contribution < 1.29 is 14.3 Å². The van der Waals surface area contributed by atoms with Crippen molar-refractivity contribution >= 4 is 23.2 Å². The molecule has 3 saturated heterocycles. The van der Waals surface area contributed by atoms with Gasteiger partial charge in [0.25, 0.3) is 5.91 Å². The highest BCUT2D eigenvalue weighted by Gasteiger charge is 2.44. The van der Waals surface area contributed by atoms with Crippen molar-refractivity contribution in [3.8, 4) is 0 Å². The van der Waals surface area contributed by atoms with Crippen molar-refractivity contribution in [1.29, 1.82) is 0 Å². The summed E-state index contributed by atoms with van der Waals surface area (Å²) in [4.78, 5) is 34.2. The summed E-state index contributed by atoms with van der Waals surface area (Å²) in [5.41, 5.74) is 2.56. The number of piperazine rings is 1. The van der Waals surface area contributed by atoms with E-state index in [2.05, 4.69) is 41.4 Å². The van der Waals surface area contributed by atoms with E-state index < -0.39 is 6.04 Å². The summed E-state index contributed by atoms with van der Waals surface area (Å²) in [5.74, 6) is 0.0656. The van der Waals surface area contributed by atoms with Crippen molar-refractivity contribution in [3.05, 3.63) is 57.8 Å². The van der Waals surface area contributed by atoms with Gasteiger partial charge in [0.05, 0.1) is 11.0 Å². The number of hydrogen-bond acceptors (Lipinski definition) is 6. The van der Waals surface area contributed by atoms with Crippen LogP contribution in [0.4, 0.5) is 0 Å². The molecule has 3 fully saturated rings. The molecule has 0 bridgehead atoms. The van der Waals surface area contributed by atoms with Gasteiger partial charge in [-0.25, -0.2) is 0 Å². The number of carbonyl (C=O) groups is 2. The first-order chi connectivity index (χ1) is 17.1. The zero-order chi connectivity index (χ0) is 24.2. The third-order valence-corrected chi connectivity index (χ3v) is 8.46. The summed E-state index contributed by atoms with van der Waals surface area (Å²) < 4.78 is 6.01. The van der Waals surface area contributed by atoms with E-state index in [1.54, 1.807) is 0 Å². The number of hydrogen-bond donors (Lipinski definition) is 1. The number of nitrogens with zero attached hydrogens (tertiary/aromatic N) is 3. The van der Waals surface area contributed by atoms with Crippen molar-refractivity contribution in [2.45, 2.75) is 50.9 Å². The molecule has 1 N–H and O–H groups in total. The Bertz CT molecular complexity index is 1000. The van der Waals surface area contributed by atoms with Crippen LogP contribution in [0.1, 0.15) is 40.1 Å². The van der Waals surface area contributed by atoms with Crippen LogP contribution in [0.3, 0.4) is 0 Å². The molecule has 0 aliphatic carbocycles. The van der Waals surface area contributed by atoms with Crippen LogP contribution in [-0.4, -0.2) is 90.6 Å². The van der Waals surface area contributed by atoms with Gasteiger partial charge in [-0.15, -0.1) is 11.3 Å². The molecular weight excluding hydrogens is 460 g/mol. The molecule has 3 aliphatic rings. The Kier molecular flexibility index (Phi) is 7.82. The number of rotatable bonds is 7. The van der Waals surface area contributed by atoms with Gasteiger partial charge in [0.2, 0.25) is 5.91 Å². The molecule has 0 saturated carbocycles. The van der Waals surface area contributed by atoms with Crippen molar-refractivity contribution in [1.82, 2.24) is 20.0 Å². The van der Waals surface area contributed by atoms with Gasteiger partial charge in [-0.1, -0.05) is 30.3 Å². The average Bonchev–Trinajstić information content (AvgIpc) is 3.67. The largest absolute Gasteiger partial charge is 0.377 e. The van der Waals surface area contributed by atoms with Gasteiger partial charge in [0.1, 0.15) is 6.04 Å². The Balaban J connectivity index is 1.40. The number of aryl methyl sites for hydroxylation is 1. The van der Waals surface area contributed by atoms with Crippen LogP contribution in [0.2, 0.25) is 0 Å². The highest BCUT2D eigenvalue weighted by Crippen LogP contribution is 2.30. The first-order valence-corrected chi connectivity index (χ1v) is 13.7. The first kappa shape index (κ1) is 24.4. The van der Waals surface area contributed by atoms with Gasteiger partial charge in [-0.3, -0.25) is 14.5 Å². The first-order valence-electron chi connectivity index (χ1n) is 12.8. The highest BCUT2D eigenvalue weighted by atomic mass is 32.1. The molecule has 0 spiro atoms. The zero-order valence-corrected chi connectivity index (χ0v) is 21.3. The van der Waals surface area contributed by atoms with E-state index in [9.17, 15) is 9.59 Å². The Morgan fingerprint density at radius 1 is 1.17 bits per heavy atom. The molecule has 7 nitrogen and oxygen atoms in total. The van der Waals surface area contributed by atoms with Gasteiger partial charge in [0, 0.05) is 58.5 Å². The van der Waals surface area contributed by atoms with E-state index in [1.807, 2.05) is 27.3 Å². The summed E-state index contributed by atoms with van der Waals surface area (Å²) in [6.45, 7) is 8.17. The number of benzene rings is 1. The molecule has 8 heteroatoms. The molecule has 3 aliphatic heterocycles. The van der Waals surface area contributed by atoms with Crippen LogP contribution in [0.5, 0.6) is 0 Å². The van der Waals surface area contributed by atoms with Crippen molar-refractivity contribution in [3.63, 3.8) is 0 Å². The van der Waals surface area contributed by atoms with Crippen molar-refractivity contribution in [2.75, 3.05) is 45.9 Å². The molecule has 2 aromatic rings. The van der Waals surface area contributed by atoms with Gasteiger partial charge >= 0.3 is 0 Å². The number of thiophene rings is 1. The minimum absolute atomic E-state index is 0.0241. The molecule has 5 rings (SSSR count). The predicted octanol–water partition coefficient (Wildman–Crippen LogP) is 2.75. The number of amides is 2. The molecule has 3 atom stereocenters. The van der Waals surface area contributed by atoms with Crippen molar-refractivity contribution in [2.24, 2.45) is 0 Å². The molecule has 0 radical (unpaired) electrons. The van der Waals surface area contributed by atoms with E-state index in [1.165, 1.54) is 22.5 Å². The Morgan fingerprint density at radius 2 is 2.00 bits per heavy atom. The fraction of sp³-hybridized carbons (Fsp3) is 0.556. The fourth-order valence-electron chi connectivity index (χ4n) is 5.57. The SMILES string of the molecule is Cc1ccccc1CN(CC1CCCO1)C1CC(C(=O)N2CCNCC2)N(C(=O)c2cccs2)C1. The standard InChI is InChI=1S/C27H36N4O3S/c1-20-6-2-3-7-21(20)17-30(19-23-8-4-14-34-23)22-16-24(26(32)29-12-10-28-11-13-29)31(18-22)27(33)25-9-5-15-35-25/h2-3,5-7,9,15,22-24,28H,4,8,10-14,16-19H2,1H3. The van der Waals surface area contributed by atoms with Crippen LogP contribution in [-0.2, 0) is 16.1 Å². The topological polar surface area (TPSA) is 65.1 Å². The summed E-state index contributed by atoms with van der Waals surface area (Å²) in [6, 6.07) is 12.0. The smallest absolute Gasteiger partial charge is 0.264 e. The lowest BCUT2D eigenvalue weighted by Crippen LogP contribution is -2.53. The second-order valence-electron chi connectivity index (χ2n) is 9.91. The van der Waals surface area contributed by atoms with Crippen LogP contribution in [0, 0.1) is 6.92 Å². The highest BCUT2D eigenvalue weighted by molar-refractivity contribution is 7.12. The van der Waals surface area contributed by atoms with E-state index in [-0.39, 0.29) is 24.0 Å². The summed E-state index contributed by atoms with van der Waals surface area (Å²) in [5, 5.41) is 5.25. The van der Waals surface area contributed by atoms with Gasteiger partial charge < -0.3 is 19.9 Å². The van der Waals surface area contributed by atoms with E-state index in [0.717, 1.165) is 45.6 Å². The number of likely N-dealkylation sites (tertiary alicyclic amines) is 1. The Hall–Kier alpha value is -2.26. The molecule has 3 unspecified atom stereocenters. The lowest BCUT2D eigenvalue weighted by atomic mass is 10.0. The maximum Gasteiger partial charge on any atom is 0.264 e. The number of carbonyl (C=O) groups excluding carboxylic acids is 2. The lowest BCUT2D eigenvalue weighted by Gasteiger charge is -2.32. The monoisotopic (exact) mass is 496 g/mol.